The molecular formula is C22H23N9O. The smallest absolute Gasteiger partial charge is 0.162 e. The highest BCUT2D eigenvalue weighted by Crippen LogP contribution is 2.31. The number of hydrogen-bond acceptors (Lipinski definition) is 7. The van der Waals surface area contributed by atoms with E-state index < -0.39 is 0 Å². The van der Waals surface area contributed by atoms with Gasteiger partial charge in [0.2, 0.25) is 0 Å². The zero-order chi connectivity index (χ0) is 21.7. The van der Waals surface area contributed by atoms with Crippen LogP contribution in [0.15, 0.2) is 30.6 Å². The van der Waals surface area contributed by atoms with Gasteiger partial charge in [-0.15, -0.1) is 0 Å². The van der Waals surface area contributed by atoms with Crippen LogP contribution in [0.4, 0.5) is 5.69 Å². The number of pyridine rings is 2. The van der Waals surface area contributed by atoms with Crippen LogP contribution in [0.25, 0.3) is 45.0 Å². The number of aryl methyl sites for hydroxylation is 1. The lowest BCUT2D eigenvalue weighted by atomic mass is 10.1. The zero-order valence-electron chi connectivity index (χ0n) is 17.7. The van der Waals surface area contributed by atoms with E-state index >= 15 is 0 Å². The Hall–Kier alpha value is -3.79. The average Bonchev–Trinajstić information content (AvgIpc) is 3.54. The summed E-state index contributed by atoms with van der Waals surface area (Å²) in [5.74, 6) is 0.626. The van der Waals surface area contributed by atoms with Crippen molar-refractivity contribution >= 4 is 27.9 Å². The van der Waals surface area contributed by atoms with E-state index in [-0.39, 0.29) is 6.61 Å². The summed E-state index contributed by atoms with van der Waals surface area (Å²) in [6.07, 6.45) is 7.35. The number of piperidine rings is 1. The molecule has 3 N–H and O–H groups in total. The van der Waals surface area contributed by atoms with Gasteiger partial charge in [-0.25, -0.2) is 15.0 Å². The molecule has 1 saturated heterocycles. The molecule has 0 saturated carbocycles. The first-order valence-electron chi connectivity index (χ1n) is 10.8. The van der Waals surface area contributed by atoms with Crippen molar-refractivity contribution in [1.82, 2.24) is 39.9 Å². The molecule has 5 aromatic rings. The number of anilines is 1. The summed E-state index contributed by atoms with van der Waals surface area (Å²) in [5.41, 5.74) is 6.95. The molecule has 0 radical (unpaired) electrons. The minimum absolute atomic E-state index is 0.150. The van der Waals surface area contributed by atoms with Crippen molar-refractivity contribution in [3.63, 3.8) is 0 Å². The molecule has 6 heterocycles. The number of aliphatic hydroxyl groups excluding tert-OH is 1. The molecule has 6 rings (SSSR count). The average molecular weight is 429 g/mol. The van der Waals surface area contributed by atoms with Gasteiger partial charge in [0.15, 0.2) is 17.2 Å². The van der Waals surface area contributed by atoms with Crippen molar-refractivity contribution in [2.75, 3.05) is 18.0 Å². The van der Waals surface area contributed by atoms with E-state index in [9.17, 15) is 5.11 Å². The van der Waals surface area contributed by atoms with E-state index in [1.807, 2.05) is 37.6 Å². The fraction of sp³-hybridized carbons (Fsp3) is 0.318. The van der Waals surface area contributed by atoms with E-state index in [0.717, 1.165) is 46.7 Å². The van der Waals surface area contributed by atoms with Crippen LogP contribution in [-0.4, -0.2) is 58.1 Å². The number of nitrogens with zero attached hydrogens (tertiary/aromatic N) is 7. The lowest BCUT2D eigenvalue weighted by molar-refractivity contribution is 0.276. The Labute approximate surface area is 183 Å². The third-order valence-corrected chi connectivity index (χ3v) is 6.02. The predicted molar refractivity (Wildman–Crippen MR) is 121 cm³/mol. The van der Waals surface area contributed by atoms with Gasteiger partial charge in [-0.05, 0) is 37.5 Å². The maximum Gasteiger partial charge on any atom is 0.162 e. The van der Waals surface area contributed by atoms with Crippen LogP contribution in [-0.2, 0) is 13.7 Å². The molecule has 0 atom stereocenters. The largest absolute Gasteiger partial charge is 0.390 e. The number of aromatic nitrogens is 8. The molecule has 0 amide bonds. The van der Waals surface area contributed by atoms with E-state index in [1.165, 1.54) is 19.3 Å². The summed E-state index contributed by atoms with van der Waals surface area (Å²) >= 11 is 0. The Kier molecular flexibility index (Phi) is 4.39. The van der Waals surface area contributed by atoms with Gasteiger partial charge >= 0.3 is 0 Å². The van der Waals surface area contributed by atoms with Crippen LogP contribution >= 0.6 is 0 Å². The highest BCUT2D eigenvalue weighted by Gasteiger charge is 2.20. The second-order valence-electron chi connectivity index (χ2n) is 8.15. The van der Waals surface area contributed by atoms with E-state index in [4.69, 9.17) is 9.97 Å². The first-order chi connectivity index (χ1) is 15.7. The van der Waals surface area contributed by atoms with E-state index in [2.05, 4.69) is 30.2 Å². The highest BCUT2D eigenvalue weighted by molar-refractivity contribution is 5.93. The maximum atomic E-state index is 9.66. The molecule has 0 bridgehead atoms. The molecule has 162 valence electrons. The van der Waals surface area contributed by atoms with Crippen LogP contribution < -0.4 is 4.90 Å². The van der Waals surface area contributed by atoms with Crippen LogP contribution in [0.2, 0.25) is 0 Å². The van der Waals surface area contributed by atoms with Crippen molar-refractivity contribution in [2.45, 2.75) is 25.9 Å². The molecule has 0 unspecified atom stereocenters. The third kappa shape index (κ3) is 3.02. The molecule has 0 aromatic carbocycles. The van der Waals surface area contributed by atoms with Crippen LogP contribution in [0.1, 0.15) is 25.0 Å². The number of hydrogen-bond donors (Lipinski definition) is 3. The number of nitrogens with one attached hydrogen (secondary N) is 2. The molecule has 0 spiro atoms. The van der Waals surface area contributed by atoms with Gasteiger partial charge in [0.25, 0.3) is 0 Å². The summed E-state index contributed by atoms with van der Waals surface area (Å²) < 4.78 is 1.68. The Morgan fingerprint density at radius 2 is 1.94 bits per heavy atom. The number of fused-ring (bicyclic) bond motifs is 2. The van der Waals surface area contributed by atoms with Crippen LogP contribution in [0, 0.1) is 0 Å². The number of H-pyrrole nitrogens is 2. The van der Waals surface area contributed by atoms with Gasteiger partial charge in [0.05, 0.1) is 29.2 Å². The summed E-state index contributed by atoms with van der Waals surface area (Å²) in [6.45, 7) is 1.92. The molecule has 5 aromatic heterocycles. The Morgan fingerprint density at radius 3 is 2.78 bits per heavy atom. The molecule has 0 aliphatic carbocycles. The monoisotopic (exact) mass is 429 g/mol. The number of aromatic amines is 2. The van der Waals surface area contributed by atoms with Crippen molar-refractivity contribution in [1.29, 1.82) is 0 Å². The van der Waals surface area contributed by atoms with Crippen LogP contribution in [0.3, 0.4) is 0 Å². The molecule has 32 heavy (non-hydrogen) atoms. The molecule has 1 aliphatic heterocycles. The number of rotatable bonds is 4. The molecular weight excluding hydrogens is 406 g/mol. The summed E-state index contributed by atoms with van der Waals surface area (Å²) in [6, 6.07) is 5.87. The fourth-order valence-corrected chi connectivity index (χ4v) is 4.48. The highest BCUT2D eigenvalue weighted by atomic mass is 16.3. The molecule has 1 fully saturated rings. The predicted octanol–water partition coefficient (Wildman–Crippen LogP) is 2.78. The molecule has 10 heteroatoms. The van der Waals surface area contributed by atoms with Gasteiger partial charge in [0, 0.05) is 38.1 Å². The Balaban J connectivity index is 1.46. The van der Waals surface area contributed by atoms with Crippen LogP contribution in [0.5, 0.6) is 0 Å². The topological polar surface area (TPSA) is 124 Å². The summed E-state index contributed by atoms with van der Waals surface area (Å²) in [5, 5.41) is 21.5. The standard InChI is InChI=1S/C22H23N9O/c1-30-11-13(16(12-32)29-30)14-5-6-15-18(24-14)20(28-27-15)22-25-19-17(7-8-23-21(19)26-22)31-9-3-2-4-10-31/h5-8,11,32H,2-4,9-10,12H2,1H3,(H,27,28)(H,23,25,26). The lowest BCUT2D eigenvalue weighted by Gasteiger charge is -2.28. The second kappa shape index (κ2) is 7.41. The Bertz CT molecular complexity index is 1420. The first kappa shape index (κ1) is 18.9. The SMILES string of the molecule is Cn1cc(-c2ccc3[nH]nc(-c4nc5c(N6CCCCC6)ccnc5[nH]4)c3n2)c(CO)n1. The minimum atomic E-state index is -0.150. The quantitative estimate of drug-likeness (QED) is 0.401. The first-order valence-corrected chi connectivity index (χ1v) is 10.8. The normalized spacial score (nSPS) is 14.6. The number of imidazole rings is 1. The molecule has 1 aliphatic rings. The van der Waals surface area contributed by atoms with Gasteiger partial charge in [-0.1, -0.05) is 0 Å². The van der Waals surface area contributed by atoms with Crippen molar-refractivity contribution in [3.05, 3.63) is 36.3 Å². The maximum absolute atomic E-state index is 9.66. The van der Waals surface area contributed by atoms with E-state index in [0.29, 0.717) is 22.7 Å². The molecule has 10 nitrogen and oxygen atoms in total. The van der Waals surface area contributed by atoms with Gasteiger partial charge in [-0.3, -0.25) is 9.78 Å². The summed E-state index contributed by atoms with van der Waals surface area (Å²) in [7, 11) is 1.83. The second-order valence-corrected chi connectivity index (χ2v) is 8.15. The van der Waals surface area contributed by atoms with Gasteiger partial charge in [0.1, 0.15) is 11.0 Å². The van der Waals surface area contributed by atoms with Gasteiger partial charge in [-0.2, -0.15) is 10.2 Å². The fourth-order valence-electron chi connectivity index (χ4n) is 4.48. The van der Waals surface area contributed by atoms with Crippen molar-refractivity contribution in [3.8, 4) is 22.8 Å². The Morgan fingerprint density at radius 1 is 1.06 bits per heavy atom. The minimum Gasteiger partial charge on any atom is -0.390 e. The van der Waals surface area contributed by atoms with E-state index in [1.54, 1.807) is 4.68 Å². The van der Waals surface area contributed by atoms with Gasteiger partial charge < -0.3 is 15.0 Å². The lowest BCUT2D eigenvalue weighted by Crippen LogP contribution is -2.29. The van der Waals surface area contributed by atoms with Crippen molar-refractivity contribution in [2.24, 2.45) is 7.05 Å². The van der Waals surface area contributed by atoms with Crippen molar-refractivity contribution < 1.29 is 5.11 Å². The number of aliphatic hydroxyl groups is 1. The zero-order valence-corrected chi connectivity index (χ0v) is 17.7. The third-order valence-electron chi connectivity index (χ3n) is 6.02. The summed E-state index contributed by atoms with van der Waals surface area (Å²) in [4.78, 5) is 19.9.